The molecule has 0 fully saturated rings. The molecule has 0 rings (SSSR count). The minimum atomic E-state index is -0.757. The van der Waals surface area contributed by atoms with Crippen molar-refractivity contribution in [1.29, 1.82) is 0 Å². The molecule has 0 saturated heterocycles. The van der Waals surface area contributed by atoms with Gasteiger partial charge in [0.2, 0.25) is 0 Å². The molecule has 0 heterocycles. The molecule has 0 spiro atoms. The van der Waals surface area contributed by atoms with E-state index in [-0.39, 0.29) is 18.5 Å². The highest BCUT2D eigenvalue weighted by Gasteiger charge is 2.14. The average Bonchev–Trinajstić information content (AvgIpc) is 2.99. The number of rotatable bonds is 30. The first-order valence-corrected chi connectivity index (χ1v) is 17.4. The second-order valence-electron chi connectivity index (χ2n) is 11.3. The smallest absolute Gasteiger partial charge is 0.306 e. The second kappa shape index (κ2) is 33.9. The Bertz CT molecular complexity index is 815. The molecule has 0 aliphatic rings. The molecule has 43 heavy (non-hydrogen) atoms. The lowest BCUT2D eigenvalue weighted by Crippen LogP contribution is -2.18. The summed E-state index contributed by atoms with van der Waals surface area (Å²) in [5.74, 6) is -0.860. The van der Waals surface area contributed by atoms with Crippen LogP contribution in [0.15, 0.2) is 72.9 Å². The van der Waals surface area contributed by atoms with Crippen molar-refractivity contribution in [3.63, 3.8) is 0 Å². The van der Waals surface area contributed by atoms with Crippen LogP contribution in [0.2, 0.25) is 0 Å². The van der Waals surface area contributed by atoms with E-state index in [1.165, 1.54) is 38.5 Å². The molecule has 0 aromatic carbocycles. The molecular weight excluding hydrogens is 532 g/mol. The number of allylic oxidation sites excluding steroid dienone is 12. The van der Waals surface area contributed by atoms with Gasteiger partial charge >= 0.3 is 11.9 Å². The Labute approximate surface area is 265 Å². The molecule has 244 valence electrons. The van der Waals surface area contributed by atoms with Gasteiger partial charge in [-0.25, -0.2) is 0 Å². The molecule has 4 heteroatoms. The summed E-state index contributed by atoms with van der Waals surface area (Å²) < 4.78 is 5.82. The zero-order chi connectivity index (χ0) is 31.5. The summed E-state index contributed by atoms with van der Waals surface area (Å²) in [4.78, 5) is 23.2. The van der Waals surface area contributed by atoms with Crippen molar-refractivity contribution in [3.05, 3.63) is 72.9 Å². The van der Waals surface area contributed by atoms with Gasteiger partial charge in [0.05, 0.1) is 0 Å². The Morgan fingerprint density at radius 3 is 1.49 bits per heavy atom. The Morgan fingerprint density at radius 1 is 0.535 bits per heavy atom. The molecule has 0 aliphatic heterocycles. The maximum absolute atomic E-state index is 12.4. The molecule has 0 radical (unpaired) electrons. The van der Waals surface area contributed by atoms with Crippen molar-refractivity contribution in [2.24, 2.45) is 0 Å². The predicted octanol–water partition coefficient (Wildman–Crippen LogP) is 11.9. The average molecular weight is 597 g/mol. The van der Waals surface area contributed by atoms with Gasteiger partial charge in [0, 0.05) is 12.8 Å². The summed E-state index contributed by atoms with van der Waals surface area (Å²) in [7, 11) is 0. The van der Waals surface area contributed by atoms with Crippen LogP contribution in [-0.4, -0.2) is 23.1 Å². The van der Waals surface area contributed by atoms with Crippen molar-refractivity contribution in [1.82, 2.24) is 0 Å². The van der Waals surface area contributed by atoms with E-state index < -0.39 is 5.97 Å². The molecule has 0 bridgehead atoms. The van der Waals surface area contributed by atoms with Crippen LogP contribution in [0.1, 0.15) is 155 Å². The van der Waals surface area contributed by atoms with Gasteiger partial charge in [-0.05, 0) is 89.9 Å². The van der Waals surface area contributed by atoms with Gasteiger partial charge in [0.25, 0.3) is 0 Å². The van der Waals surface area contributed by atoms with Crippen LogP contribution in [-0.2, 0) is 14.3 Å². The minimum absolute atomic E-state index is 0.0692. The molecule has 4 nitrogen and oxygen atoms in total. The van der Waals surface area contributed by atoms with Gasteiger partial charge in [-0.2, -0.15) is 0 Å². The topological polar surface area (TPSA) is 63.6 Å². The van der Waals surface area contributed by atoms with Crippen LogP contribution in [0.4, 0.5) is 0 Å². The van der Waals surface area contributed by atoms with Crippen molar-refractivity contribution in [2.45, 2.75) is 161 Å². The van der Waals surface area contributed by atoms with Crippen molar-refractivity contribution in [3.8, 4) is 0 Å². The molecule has 0 saturated carbocycles. The SMILES string of the molecule is CC/C=C\C/C=C\C/C=C\C/C=C\C/C=C\C/C=C\CCCCC(=O)OC(CCCCCCCCC)CCCCC(=O)O. The van der Waals surface area contributed by atoms with E-state index in [9.17, 15) is 9.59 Å². The number of esters is 1. The lowest BCUT2D eigenvalue weighted by atomic mass is 10.0. The molecular formula is C39H64O4. The number of carbonyl (C=O) groups excluding carboxylic acids is 1. The molecule has 1 atom stereocenters. The van der Waals surface area contributed by atoms with Crippen LogP contribution in [0.3, 0.4) is 0 Å². The molecule has 1 N–H and O–H groups in total. The molecule has 0 aromatic heterocycles. The van der Waals surface area contributed by atoms with Crippen molar-refractivity contribution < 1.29 is 19.4 Å². The van der Waals surface area contributed by atoms with Crippen LogP contribution in [0.5, 0.6) is 0 Å². The van der Waals surface area contributed by atoms with Gasteiger partial charge in [-0.15, -0.1) is 0 Å². The minimum Gasteiger partial charge on any atom is -0.481 e. The van der Waals surface area contributed by atoms with Crippen molar-refractivity contribution in [2.75, 3.05) is 0 Å². The maximum Gasteiger partial charge on any atom is 0.306 e. The largest absolute Gasteiger partial charge is 0.481 e. The first-order valence-electron chi connectivity index (χ1n) is 17.4. The van der Waals surface area contributed by atoms with Crippen LogP contribution in [0.25, 0.3) is 0 Å². The molecule has 0 aliphatic carbocycles. The Balaban J connectivity index is 3.97. The standard InChI is InChI=1S/C39H64O4/c1-3-5-7-9-11-12-13-14-15-16-17-18-19-20-21-22-23-24-26-28-30-36-39(42)43-37(34-31-32-35-38(40)41)33-29-27-25-10-8-6-4-2/h5,7,11-12,14-15,17-18,20-21,23-24,37H,3-4,6,8-10,13,16,19,22,25-36H2,1-2H3,(H,40,41)/b7-5-,12-11-,15-14-,18-17-,21-20-,24-23-. The number of ether oxygens (including phenoxy) is 1. The number of carboxylic acid groups (broad SMARTS) is 1. The summed E-state index contributed by atoms with van der Waals surface area (Å²) >= 11 is 0. The van der Waals surface area contributed by atoms with E-state index in [1.54, 1.807) is 0 Å². The third kappa shape index (κ3) is 33.7. The number of hydrogen-bond donors (Lipinski definition) is 1. The number of hydrogen-bond acceptors (Lipinski definition) is 3. The lowest BCUT2D eigenvalue weighted by Gasteiger charge is -2.18. The third-order valence-corrected chi connectivity index (χ3v) is 7.19. The van der Waals surface area contributed by atoms with E-state index in [1.807, 2.05) is 0 Å². The predicted molar refractivity (Wildman–Crippen MR) is 185 cm³/mol. The Morgan fingerprint density at radius 2 is 0.977 bits per heavy atom. The Hall–Kier alpha value is -2.62. The van der Waals surface area contributed by atoms with Crippen LogP contribution in [0, 0.1) is 0 Å². The summed E-state index contributed by atoms with van der Waals surface area (Å²) in [6, 6.07) is 0. The molecule has 0 aromatic rings. The highest BCUT2D eigenvalue weighted by atomic mass is 16.5. The molecule has 0 amide bonds. The van der Waals surface area contributed by atoms with Crippen molar-refractivity contribution >= 4 is 11.9 Å². The van der Waals surface area contributed by atoms with Gasteiger partial charge in [-0.1, -0.05) is 125 Å². The summed E-state index contributed by atoms with van der Waals surface area (Å²) in [5, 5.41) is 8.88. The van der Waals surface area contributed by atoms with Gasteiger partial charge in [0.15, 0.2) is 0 Å². The van der Waals surface area contributed by atoms with Gasteiger partial charge in [-0.3, -0.25) is 9.59 Å². The van der Waals surface area contributed by atoms with E-state index in [0.29, 0.717) is 12.8 Å². The van der Waals surface area contributed by atoms with Crippen LogP contribution >= 0.6 is 0 Å². The second-order valence-corrected chi connectivity index (χ2v) is 11.3. The van der Waals surface area contributed by atoms with Crippen LogP contribution < -0.4 is 0 Å². The van der Waals surface area contributed by atoms with E-state index in [2.05, 4.69) is 86.8 Å². The summed E-state index contributed by atoms with van der Waals surface area (Å²) in [5.41, 5.74) is 0. The fraction of sp³-hybridized carbons (Fsp3) is 0.641. The van der Waals surface area contributed by atoms with E-state index in [0.717, 1.165) is 83.5 Å². The normalized spacial score (nSPS) is 13.2. The van der Waals surface area contributed by atoms with E-state index in [4.69, 9.17) is 9.84 Å². The number of aliphatic carboxylic acids is 1. The zero-order valence-electron chi connectivity index (χ0n) is 27.7. The highest BCUT2D eigenvalue weighted by molar-refractivity contribution is 5.69. The number of unbranched alkanes of at least 4 members (excludes halogenated alkanes) is 9. The fourth-order valence-electron chi connectivity index (χ4n) is 4.66. The molecule has 1 unspecified atom stereocenters. The number of carboxylic acids is 1. The monoisotopic (exact) mass is 596 g/mol. The number of carbonyl (C=O) groups is 2. The summed E-state index contributed by atoms with van der Waals surface area (Å²) in [6.07, 6.45) is 47.7. The quantitative estimate of drug-likeness (QED) is 0.0509. The Kier molecular flexibility index (Phi) is 31.8. The third-order valence-electron chi connectivity index (χ3n) is 7.19. The fourth-order valence-corrected chi connectivity index (χ4v) is 4.66. The first-order chi connectivity index (χ1) is 21.1. The lowest BCUT2D eigenvalue weighted by molar-refractivity contribution is -0.150. The summed E-state index contributed by atoms with van der Waals surface area (Å²) in [6.45, 7) is 4.39. The zero-order valence-corrected chi connectivity index (χ0v) is 27.7. The van der Waals surface area contributed by atoms with E-state index >= 15 is 0 Å². The first kappa shape index (κ1) is 40.4. The maximum atomic E-state index is 12.4. The van der Waals surface area contributed by atoms with Gasteiger partial charge in [0.1, 0.15) is 6.10 Å². The highest BCUT2D eigenvalue weighted by Crippen LogP contribution is 2.17. The van der Waals surface area contributed by atoms with Gasteiger partial charge < -0.3 is 9.84 Å².